The fourth-order valence-corrected chi connectivity index (χ4v) is 4.73. The molecule has 5 rings (SSSR count). The predicted molar refractivity (Wildman–Crippen MR) is 135 cm³/mol. The summed E-state index contributed by atoms with van der Waals surface area (Å²) in [5.41, 5.74) is 3.12. The van der Waals surface area contributed by atoms with Crippen LogP contribution in [-0.4, -0.2) is 39.1 Å². The summed E-state index contributed by atoms with van der Waals surface area (Å²) in [4.78, 5) is 53.5. The number of nitrogens with zero attached hydrogens (tertiary/aromatic N) is 3. The van der Waals surface area contributed by atoms with Crippen LogP contribution in [0.4, 0.5) is 10.8 Å². The highest BCUT2D eigenvalue weighted by molar-refractivity contribution is 7.14. The van der Waals surface area contributed by atoms with E-state index >= 15 is 0 Å². The minimum atomic E-state index is -0.773. The van der Waals surface area contributed by atoms with Crippen molar-refractivity contribution in [3.63, 3.8) is 0 Å². The van der Waals surface area contributed by atoms with E-state index in [9.17, 15) is 24.5 Å². The average Bonchev–Trinajstić information content (AvgIpc) is 3.46. The Hall–Kier alpha value is -4.70. The zero-order valence-corrected chi connectivity index (χ0v) is 19.5. The zero-order chi connectivity index (χ0) is 25.2. The molecule has 3 aromatic carbocycles. The Bertz CT molecular complexity index is 1500. The van der Waals surface area contributed by atoms with Gasteiger partial charge >= 0.3 is 0 Å². The monoisotopic (exact) mass is 498 g/mol. The zero-order valence-electron chi connectivity index (χ0n) is 18.7. The van der Waals surface area contributed by atoms with Gasteiger partial charge in [-0.25, -0.2) is 4.98 Å². The minimum Gasteiger partial charge on any atom is -0.302 e. The first-order valence-electron chi connectivity index (χ1n) is 11.0. The van der Waals surface area contributed by atoms with Crippen LogP contribution in [0.5, 0.6) is 0 Å². The van der Waals surface area contributed by atoms with Gasteiger partial charge in [-0.2, -0.15) is 0 Å². The van der Waals surface area contributed by atoms with Crippen LogP contribution in [0.25, 0.3) is 22.4 Å². The normalized spacial score (nSPS) is 12.5. The molecular formula is C26H18N4O5S. The number of nitro benzene ring substituents is 1. The summed E-state index contributed by atoms with van der Waals surface area (Å²) in [7, 11) is 0. The fourth-order valence-electron chi connectivity index (χ4n) is 3.99. The molecule has 0 radical (unpaired) electrons. The molecule has 3 amide bonds. The number of aromatic nitrogens is 1. The van der Waals surface area contributed by atoms with E-state index in [4.69, 9.17) is 0 Å². The number of imide groups is 1. The Morgan fingerprint density at radius 2 is 1.61 bits per heavy atom. The molecular weight excluding hydrogens is 480 g/mol. The van der Waals surface area contributed by atoms with E-state index in [1.807, 2.05) is 60.0 Å². The van der Waals surface area contributed by atoms with Crippen LogP contribution in [0.3, 0.4) is 0 Å². The smallest absolute Gasteiger partial charge is 0.282 e. The van der Waals surface area contributed by atoms with Crippen molar-refractivity contribution in [1.29, 1.82) is 0 Å². The first-order chi connectivity index (χ1) is 17.4. The first-order valence-corrected chi connectivity index (χ1v) is 11.8. The highest BCUT2D eigenvalue weighted by atomic mass is 32.1. The molecule has 0 spiro atoms. The molecule has 0 fully saturated rings. The van der Waals surface area contributed by atoms with Gasteiger partial charge in [0.1, 0.15) is 5.56 Å². The maximum Gasteiger partial charge on any atom is 0.282 e. The molecule has 1 aliphatic rings. The van der Waals surface area contributed by atoms with Crippen LogP contribution in [-0.2, 0) is 4.79 Å². The van der Waals surface area contributed by atoms with E-state index in [2.05, 4.69) is 10.3 Å². The van der Waals surface area contributed by atoms with Crippen LogP contribution < -0.4 is 5.32 Å². The van der Waals surface area contributed by atoms with Crippen molar-refractivity contribution in [3.05, 3.63) is 99.4 Å². The molecule has 0 bridgehead atoms. The lowest BCUT2D eigenvalue weighted by Crippen LogP contribution is -2.33. The maximum absolute atomic E-state index is 12.6. The average molecular weight is 499 g/mol. The second kappa shape index (κ2) is 9.51. The second-order valence-corrected chi connectivity index (χ2v) is 8.86. The molecule has 178 valence electrons. The van der Waals surface area contributed by atoms with Crippen molar-refractivity contribution in [2.24, 2.45) is 0 Å². The standard InChI is InChI=1S/C26H18N4O5S/c31-22(13-14-29-24(32)19-7-4-8-21(30(34)35)23(19)25(29)33)28-26-27-20(15-36-26)18-11-9-17(10-12-18)16-5-2-1-3-6-16/h1-12,15H,13-14H2,(H,27,28,31). The number of carbonyl (C=O) groups excluding carboxylic acids is 3. The van der Waals surface area contributed by atoms with Gasteiger partial charge in [0.2, 0.25) is 5.91 Å². The molecule has 1 N–H and O–H groups in total. The van der Waals surface area contributed by atoms with Crippen LogP contribution in [0.1, 0.15) is 27.1 Å². The number of anilines is 1. The number of rotatable bonds is 7. The van der Waals surface area contributed by atoms with Crippen LogP contribution >= 0.6 is 11.3 Å². The Balaban J connectivity index is 1.21. The summed E-state index contributed by atoms with van der Waals surface area (Å²) < 4.78 is 0. The first kappa shape index (κ1) is 23.1. The van der Waals surface area contributed by atoms with Crippen molar-refractivity contribution in [2.45, 2.75) is 6.42 Å². The molecule has 2 heterocycles. The Morgan fingerprint density at radius 1 is 0.917 bits per heavy atom. The number of thiazole rings is 1. The van der Waals surface area contributed by atoms with E-state index in [1.165, 1.54) is 29.5 Å². The van der Waals surface area contributed by atoms with Gasteiger partial charge < -0.3 is 5.32 Å². The lowest BCUT2D eigenvalue weighted by molar-refractivity contribution is -0.385. The summed E-state index contributed by atoms with van der Waals surface area (Å²) in [5.74, 6) is -1.85. The van der Waals surface area contributed by atoms with Crippen molar-refractivity contribution in [1.82, 2.24) is 9.88 Å². The molecule has 0 saturated carbocycles. The molecule has 0 atom stereocenters. The number of carbonyl (C=O) groups is 3. The number of nitro groups is 1. The maximum atomic E-state index is 12.6. The van der Waals surface area contributed by atoms with E-state index in [-0.39, 0.29) is 24.1 Å². The third-order valence-corrected chi connectivity index (χ3v) is 6.53. The van der Waals surface area contributed by atoms with E-state index in [0.717, 1.165) is 21.6 Å². The van der Waals surface area contributed by atoms with Gasteiger partial charge in [0.25, 0.3) is 17.5 Å². The number of hydrogen-bond donors (Lipinski definition) is 1. The van der Waals surface area contributed by atoms with Crippen molar-refractivity contribution >= 4 is 39.9 Å². The van der Waals surface area contributed by atoms with Gasteiger partial charge in [-0.1, -0.05) is 60.7 Å². The Kier molecular flexibility index (Phi) is 6.09. The van der Waals surface area contributed by atoms with Gasteiger partial charge in [0.05, 0.1) is 16.2 Å². The van der Waals surface area contributed by atoms with Crippen molar-refractivity contribution < 1.29 is 19.3 Å². The summed E-state index contributed by atoms with van der Waals surface area (Å²) in [6, 6.07) is 21.8. The lowest BCUT2D eigenvalue weighted by Gasteiger charge is -2.12. The molecule has 0 unspecified atom stereocenters. The largest absolute Gasteiger partial charge is 0.302 e. The Labute approximate surface area is 209 Å². The van der Waals surface area contributed by atoms with Gasteiger partial charge in [0, 0.05) is 30.0 Å². The van der Waals surface area contributed by atoms with Gasteiger partial charge in [-0.05, 0) is 17.2 Å². The van der Waals surface area contributed by atoms with Gasteiger partial charge in [-0.15, -0.1) is 11.3 Å². The van der Waals surface area contributed by atoms with Crippen molar-refractivity contribution in [3.8, 4) is 22.4 Å². The fraction of sp³-hybridized carbons (Fsp3) is 0.0769. The lowest BCUT2D eigenvalue weighted by atomic mass is 10.0. The molecule has 9 nitrogen and oxygen atoms in total. The second-order valence-electron chi connectivity index (χ2n) is 8.00. The third-order valence-electron chi connectivity index (χ3n) is 5.77. The molecule has 0 saturated heterocycles. The number of nitrogens with one attached hydrogen (secondary N) is 1. The highest BCUT2D eigenvalue weighted by Crippen LogP contribution is 2.31. The SMILES string of the molecule is O=C(CCN1C(=O)c2cccc([N+](=O)[O-])c2C1=O)Nc1nc(-c2ccc(-c3ccccc3)cc2)cs1. The minimum absolute atomic E-state index is 0.0301. The summed E-state index contributed by atoms with van der Waals surface area (Å²) in [6.07, 6.45) is -0.167. The number of fused-ring (bicyclic) bond motifs is 1. The van der Waals surface area contributed by atoms with E-state index in [1.54, 1.807) is 0 Å². The number of amides is 3. The topological polar surface area (TPSA) is 123 Å². The molecule has 4 aromatic rings. The molecule has 36 heavy (non-hydrogen) atoms. The summed E-state index contributed by atoms with van der Waals surface area (Å²) >= 11 is 1.26. The van der Waals surface area contributed by atoms with Gasteiger partial charge in [-0.3, -0.25) is 29.4 Å². The summed E-state index contributed by atoms with van der Waals surface area (Å²) in [6.45, 7) is -0.200. The number of hydrogen-bond acceptors (Lipinski definition) is 7. The van der Waals surface area contributed by atoms with Gasteiger partial charge in [0.15, 0.2) is 5.13 Å². The number of benzene rings is 3. The van der Waals surface area contributed by atoms with Crippen molar-refractivity contribution in [2.75, 3.05) is 11.9 Å². The predicted octanol–water partition coefficient (Wildman–Crippen LogP) is 5.01. The quantitative estimate of drug-likeness (QED) is 0.217. The third kappa shape index (κ3) is 4.37. The van der Waals surface area contributed by atoms with E-state index in [0.29, 0.717) is 10.8 Å². The summed E-state index contributed by atoms with van der Waals surface area (Å²) in [5, 5.41) is 16.1. The van der Waals surface area contributed by atoms with Crippen LogP contribution in [0.15, 0.2) is 78.2 Å². The van der Waals surface area contributed by atoms with E-state index < -0.39 is 28.3 Å². The highest BCUT2D eigenvalue weighted by Gasteiger charge is 2.40. The van der Waals surface area contributed by atoms with Crippen LogP contribution in [0.2, 0.25) is 0 Å². The Morgan fingerprint density at radius 3 is 2.33 bits per heavy atom. The molecule has 0 aliphatic carbocycles. The molecule has 1 aliphatic heterocycles. The molecule has 10 heteroatoms. The molecule has 1 aromatic heterocycles. The van der Waals surface area contributed by atoms with Crippen LogP contribution in [0, 0.1) is 10.1 Å².